The second-order valence-corrected chi connectivity index (χ2v) is 5.10. The third-order valence-electron chi connectivity index (χ3n) is 3.62. The Bertz CT molecular complexity index is 599. The summed E-state index contributed by atoms with van der Waals surface area (Å²) in [6.45, 7) is 2.07. The summed E-state index contributed by atoms with van der Waals surface area (Å²) < 4.78 is 5.39. The van der Waals surface area contributed by atoms with Crippen LogP contribution >= 0.6 is 0 Å². The quantitative estimate of drug-likeness (QED) is 0.572. The molecule has 0 saturated heterocycles. The highest BCUT2D eigenvalue weighted by atomic mass is 16.5. The van der Waals surface area contributed by atoms with Crippen molar-refractivity contribution in [1.82, 2.24) is 0 Å². The fraction of sp³-hybridized carbons (Fsp3) is 0.235. The Kier molecular flexibility index (Phi) is 3.08. The third-order valence-corrected chi connectivity index (χ3v) is 3.62. The van der Waals surface area contributed by atoms with Gasteiger partial charge >= 0.3 is 5.97 Å². The minimum Gasteiger partial charge on any atom is -0.426 e. The monoisotopic (exact) mass is 252 g/mol. The molecule has 2 nitrogen and oxygen atoms in total. The Labute approximate surface area is 113 Å². The van der Waals surface area contributed by atoms with Gasteiger partial charge in [0.2, 0.25) is 0 Å². The normalized spacial score (nSPS) is 18.4. The van der Waals surface area contributed by atoms with Gasteiger partial charge in [0.1, 0.15) is 5.75 Å². The molecule has 0 amide bonds. The summed E-state index contributed by atoms with van der Waals surface area (Å²) in [5, 5.41) is 0. The van der Waals surface area contributed by atoms with Gasteiger partial charge in [-0.05, 0) is 36.5 Å². The molecule has 0 bridgehead atoms. The highest BCUT2D eigenvalue weighted by molar-refractivity contribution is 5.75. The molecule has 0 radical (unpaired) electrons. The summed E-state index contributed by atoms with van der Waals surface area (Å²) in [6.07, 6.45) is 1.29. The van der Waals surface area contributed by atoms with Gasteiger partial charge in [-0.3, -0.25) is 4.79 Å². The summed E-state index contributed by atoms with van der Waals surface area (Å²) in [7, 11) is 0. The lowest BCUT2D eigenvalue weighted by Crippen LogP contribution is -2.10. The maximum atomic E-state index is 11.9. The zero-order valence-electron chi connectivity index (χ0n) is 10.9. The minimum atomic E-state index is -0.143. The molecular formula is C17H16O2. The Morgan fingerprint density at radius 2 is 1.74 bits per heavy atom. The number of rotatable bonds is 1. The molecule has 1 aliphatic heterocycles. The first-order valence-corrected chi connectivity index (χ1v) is 6.57. The van der Waals surface area contributed by atoms with E-state index in [9.17, 15) is 4.79 Å². The van der Waals surface area contributed by atoms with E-state index >= 15 is 0 Å². The molecule has 0 aromatic heterocycles. The zero-order chi connectivity index (χ0) is 13.2. The maximum Gasteiger partial charge on any atom is 0.311 e. The van der Waals surface area contributed by atoms with Gasteiger partial charge in [-0.1, -0.05) is 48.0 Å². The van der Waals surface area contributed by atoms with Crippen LogP contribution in [-0.4, -0.2) is 5.97 Å². The summed E-state index contributed by atoms with van der Waals surface area (Å²) in [5.74, 6) is 0.773. The molecule has 0 spiro atoms. The van der Waals surface area contributed by atoms with Crippen LogP contribution in [0.15, 0.2) is 48.5 Å². The summed E-state index contributed by atoms with van der Waals surface area (Å²) in [5.41, 5.74) is 3.55. The Morgan fingerprint density at radius 1 is 1.00 bits per heavy atom. The van der Waals surface area contributed by atoms with Crippen molar-refractivity contribution in [2.45, 2.75) is 25.7 Å². The predicted molar refractivity (Wildman–Crippen MR) is 74.3 cm³/mol. The lowest BCUT2D eigenvalue weighted by Gasteiger charge is -2.13. The smallest absolute Gasteiger partial charge is 0.311 e. The first kappa shape index (κ1) is 12.0. The molecule has 0 N–H and O–H groups in total. The van der Waals surface area contributed by atoms with Gasteiger partial charge in [0.25, 0.3) is 0 Å². The first-order valence-electron chi connectivity index (χ1n) is 6.57. The number of carbonyl (C=O) groups excluding carboxylic acids is 1. The third kappa shape index (κ3) is 2.53. The van der Waals surface area contributed by atoms with Crippen LogP contribution in [0.3, 0.4) is 0 Å². The number of carbonyl (C=O) groups is 1. The van der Waals surface area contributed by atoms with E-state index < -0.39 is 0 Å². The van der Waals surface area contributed by atoms with Crippen molar-refractivity contribution in [3.8, 4) is 5.75 Å². The van der Waals surface area contributed by atoms with Crippen molar-refractivity contribution < 1.29 is 9.53 Å². The molecule has 96 valence electrons. The largest absolute Gasteiger partial charge is 0.426 e. The summed E-state index contributed by atoms with van der Waals surface area (Å²) in [6, 6.07) is 16.2. The molecule has 1 atom stereocenters. The molecule has 3 rings (SSSR count). The van der Waals surface area contributed by atoms with Crippen molar-refractivity contribution >= 4 is 5.97 Å². The fourth-order valence-electron chi connectivity index (χ4n) is 2.55. The fourth-order valence-corrected chi connectivity index (χ4v) is 2.55. The molecule has 0 fully saturated rings. The van der Waals surface area contributed by atoms with Crippen molar-refractivity contribution in [1.29, 1.82) is 0 Å². The van der Waals surface area contributed by atoms with E-state index in [-0.39, 0.29) is 11.9 Å². The number of hydrogen-bond donors (Lipinski definition) is 0. The van der Waals surface area contributed by atoms with Crippen molar-refractivity contribution in [3.05, 3.63) is 65.2 Å². The SMILES string of the molecule is Cc1ccc([C@H]2CC(=O)Oc3ccccc3C2)cc1. The second-order valence-electron chi connectivity index (χ2n) is 5.10. The molecular weight excluding hydrogens is 236 g/mol. The Hall–Kier alpha value is -2.09. The average molecular weight is 252 g/mol. The zero-order valence-corrected chi connectivity index (χ0v) is 10.9. The van der Waals surface area contributed by atoms with Crippen molar-refractivity contribution in [2.75, 3.05) is 0 Å². The maximum absolute atomic E-state index is 11.9. The lowest BCUT2D eigenvalue weighted by molar-refractivity contribution is -0.134. The van der Waals surface area contributed by atoms with Gasteiger partial charge < -0.3 is 4.74 Å². The van der Waals surface area contributed by atoms with Crippen molar-refractivity contribution in [2.24, 2.45) is 0 Å². The minimum absolute atomic E-state index is 0.143. The van der Waals surface area contributed by atoms with Crippen LogP contribution in [0.4, 0.5) is 0 Å². The van der Waals surface area contributed by atoms with Crippen LogP contribution in [0.2, 0.25) is 0 Å². The standard InChI is InChI=1S/C17H16O2/c1-12-6-8-13(9-7-12)15-10-14-4-2-3-5-16(14)19-17(18)11-15/h2-9,15H,10-11H2,1H3/t15-/m1/s1. The number of para-hydroxylation sites is 1. The Balaban J connectivity index is 1.95. The molecule has 0 aliphatic carbocycles. The predicted octanol–water partition coefficient (Wildman–Crippen LogP) is 3.63. The van der Waals surface area contributed by atoms with E-state index in [4.69, 9.17) is 4.74 Å². The molecule has 19 heavy (non-hydrogen) atoms. The second kappa shape index (κ2) is 4.88. The topological polar surface area (TPSA) is 26.3 Å². The van der Waals surface area contributed by atoms with Gasteiger partial charge in [0, 0.05) is 0 Å². The molecule has 1 aliphatic rings. The molecule has 2 aromatic rings. The van der Waals surface area contributed by atoms with E-state index in [0.29, 0.717) is 12.2 Å². The molecule has 0 saturated carbocycles. The van der Waals surface area contributed by atoms with Crippen LogP contribution < -0.4 is 4.74 Å². The lowest BCUT2D eigenvalue weighted by atomic mass is 9.89. The number of aryl methyl sites for hydroxylation is 1. The number of benzene rings is 2. The number of hydrogen-bond acceptors (Lipinski definition) is 2. The summed E-state index contributed by atoms with van der Waals surface area (Å²) in [4.78, 5) is 11.9. The number of ether oxygens (including phenoxy) is 1. The van der Waals surface area contributed by atoms with Crippen LogP contribution in [-0.2, 0) is 11.2 Å². The van der Waals surface area contributed by atoms with E-state index in [1.165, 1.54) is 11.1 Å². The molecule has 2 heteroatoms. The van der Waals surface area contributed by atoms with Gasteiger partial charge in [0.05, 0.1) is 6.42 Å². The van der Waals surface area contributed by atoms with Gasteiger partial charge in [-0.2, -0.15) is 0 Å². The highest BCUT2D eigenvalue weighted by Crippen LogP contribution is 2.32. The van der Waals surface area contributed by atoms with E-state index in [1.807, 2.05) is 24.3 Å². The van der Waals surface area contributed by atoms with Gasteiger partial charge in [-0.15, -0.1) is 0 Å². The highest BCUT2D eigenvalue weighted by Gasteiger charge is 2.24. The van der Waals surface area contributed by atoms with E-state index in [2.05, 4.69) is 31.2 Å². The Morgan fingerprint density at radius 3 is 2.53 bits per heavy atom. The van der Waals surface area contributed by atoms with Crippen LogP contribution in [0.5, 0.6) is 5.75 Å². The molecule has 1 heterocycles. The van der Waals surface area contributed by atoms with Crippen LogP contribution in [0.1, 0.15) is 29.0 Å². The van der Waals surface area contributed by atoms with E-state index in [1.54, 1.807) is 0 Å². The average Bonchev–Trinajstić information content (AvgIpc) is 2.57. The van der Waals surface area contributed by atoms with E-state index in [0.717, 1.165) is 12.0 Å². The number of esters is 1. The van der Waals surface area contributed by atoms with Gasteiger partial charge in [0.15, 0.2) is 0 Å². The number of fused-ring (bicyclic) bond motifs is 1. The van der Waals surface area contributed by atoms with Gasteiger partial charge in [-0.25, -0.2) is 0 Å². The molecule has 2 aromatic carbocycles. The van der Waals surface area contributed by atoms with Crippen LogP contribution in [0.25, 0.3) is 0 Å². The molecule has 0 unspecified atom stereocenters. The van der Waals surface area contributed by atoms with Crippen molar-refractivity contribution in [3.63, 3.8) is 0 Å². The van der Waals surface area contributed by atoms with Crippen LogP contribution in [0, 0.1) is 6.92 Å². The summed E-state index contributed by atoms with van der Waals surface area (Å²) >= 11 is 0. The first-order chi connectivity index (χ1) is 9.22.